The Bertz CT molecular complexity index is 1490. The summed E-state index contributed by atoms with van der Waals surface area (Å²) in [5.74, 6) is 0.649. The van der Waals surface area contributed by atoms with E-state index in [4.69, 9.17) is 0 Å². The van der Waals surface area contributed by atoms with Crippen molar-refractivity contribution in [3.05, 3.63) is 105 Å². The van der Waals surface area contributed by atoms with Crippen LogP contribution in [0.5, 0.6) is 0 Å². The number of imidazole rings is 2. The van der Waals surface area contributed by atoms with E-state index in [1.807, 2.05) is 61.7 Å². The van der Waals surface area contributed by atoms with Crippen LogP contribution in [0, 0.1) is 6.92 Å². The molecule has 0 aliphatic rings. The number of benzene rings is 2. The van der Waals surface area contributed by atoms with E-state index in [9.17, 15) is 9.59 Å². The maximum Gasteiger partial charge on any atom is 0.332 e. The molecule has 0 fully saturated rings. The van der Waals surface area contributed by atoms with Crippen LogP contribution in [-0.2, 0) is 20.1 Å². The Hall–Kier alpha value is -3.87. The molecule has 0 saturated heterocycles. The summed E-state index contributed by atoms with van der Waals surface area (Å²) in [6.45, 7) is 2.85. The molecule has 2 aromatic carbocycles. The molecule has 0 atom stereocenters. The number of hydrogen-bond acceptors (Lipinski definition) is 3. The van der Waals surface area contributed by atoms with Crippen LogP contribution in [0.4, 0.5) is 0 Å². The lowest BCUT2D eigenvalue weighted by Crippen LogP contribution is -2.39. The highest BCUT2D eigenvalue weighted by molar-refractivity contribution is 5.75. The predicted molar refractivity (Wildman–Crippen MR) is 116 cm³/mol. The van der Waals surface area contributed by atoms with Crippen molar-refractivity contribution in [3.8, 4) is 0 Å². The number of hydrogen-bond donors (Lipinski definition) is 0. The van der Waals surface area contributed by atoms with Crippen LogP contribution < -0.4 is 11.2 Å². The summed E-state index contributed by atoms with van der Waals surface area (Å²) in [5.41, 5.74) is 3.13. The van der Waals surface area contributed by atoms with E-state index in [1.54, 1.807) is 11.4 Å². The Morgan fingerprint density at radius 3 is 2.00 bits per heavy atom. The standard InChI is InChI=1S/C23H21N5O2/c1-16-13-27-19-20(24-22(27)26(16)14-17-9-5-3-6-10-17)25(2)23(30)28(21(19)29)15-18-11-7-4-8-12-18/h3-13H,14-15H2,1-2H3. The molecule has 150 valence electrons. The second-order valence-corrected chi connectivity index (χ2v) is 7.51. The van der Waals surface area contributed by atoms with Gasteiger partial charge in [0, 0.05) is 18.9 Å². The van der Waals surface area contributed by atoms with Crippen molar-refractivity contribution in [1.82, 2.24) is 23.1 Å². The monoisotopic (exact) mass is 399 g/mol. The summed E-state index contributed by atoms with van der Waals surface area (Å²) < 4.78 is 6.59. The number of aryl methyl sites for hydroxylation is 2. The van der Waals surface area contributed by atoms with Gasteiger partial charge in [0.1, 0.15) is 0 Å². The van der Waals surface area contributed by atoms with E-state index in [-0.39, 0.29) is 17.8 Å². The van der Waals surface area contributed by atoms with Crippen molar-refractivity contribution < 1.29 is 0 Å². The molecule has 0 aliphatic carbocycles. The first-order valence-electron chi connectivity index (χ1n) is 9.80. The number of aromatic nitrogens is 5. The highest BCUT2D eigenvalue weighted by Gasteiger charge is 2.20. The lowest BCUT2D eigenvalue weighted by Gasteiger charge is -2.08. The first-order chi connectivity index (χ1) is 14.5. The Labute approximate surface area is 172 Å². The summed E-state index contributed by atoms with van der Waals surface area (Å²) in [6.07, 6.45) is 1.91. The highest BCUT2D eigenvalue weighted by Crippen LogP contribution is 2.18. The van der Waals surface area contributed by atoms with E-state index in [0.717, 1.165) is 16.8 Å². The fraction of sp³-hybridized carbons (Fsp3) is 0.174. The molecule has 0 amide bonds. The van der Waals surface area contributed by atoms with E-state index in [2.05, 4.69) is 21.7 Å². The van der Waals surface area contributed by atoms with Crippen molar-refractivity contribution in [1.29, 1.82) is 0 Å². The number of nitrogens with zero attached hydrogens (tertiary/aromatic N) is 5. The molecule has 5 rings (SSSR count). The molecular formula is C23H21N5O2. The summed E-state index contributed by atoms with van der Waals surface area (Å²) in [5, 5.41) is 0. The van der Waals surface area contributed by atoms with Gasteiger partial charge in [0.05, 0.1) is 13.1 Å². The second kappa shape index (κ2) is 6.88. The van der Waals surface area contributed by atoms with Crippen LogP contribution in [0.1, 0.15) is 16.8 Å². The maximum absolute atomic E-state index is 13.3. The second-order valence-electron chi connectivity index (χ2n) is 7.51. The maximum atomic E-state index is 13.3. The lowest BCUT2D eigenvalue weighted by atomic mass is 10.2. The number of fused-ring (bicyclic) bond motifs is 3. The van der Waals surface area contributed by atoms with Gasteiger partial charge < -0.3 is 4.57 Å². The van der Waals surface area contributed by atoms with Gasteiger partial charge in [0.25, 0.3) is 5.56 Å². The molecule has 7 heteroatoms. The molecule has 0 saturated carbocycles. The molecule has 3 heterocycles. The fourth-order valence-electron chi connectivity index (χ4n) is 3.92. The third-order valence-corrected chi connectivity index (χ3v) is 5.51. The first kappa shape index (κ1) is 18.2. The summed E-state index contributed by atoms with van der Waals surface area (Å²) >= 11 is 0. The molecule has 0 N–H and O–H groups in total. The molecular weight excluding hydrogens is 378 g/mol. The van der Waals surface area contributed by atoms with Gasteiger partial charge in [-0.25, -0.2) is 4.79 Å². The van der Waals surface area contributed by atoms with Crippen LogP contribution in [0.2, 0.25) is 0 Å². The Morgan fingerprint density at radius 2 is 1.40 bits per heavy atom. The minimum absolute atomic E-state index is 0.221. The minimum atomic E-state index is -0.372. The van der Waals surface area contributed by atoms with Gasteiger partial charge in [0.2, 0.25) is 5.78 Å². The molecule has 5 aromatic rings. The van der Waals surface area contributed by atoms with Gasteiger partial charge in [-0.05, 0) is 18.1 Å². The van der Waals surface area contributed by atoms with Crippen LogP contribution in [-0.4, -0.2) is 23.1 Å². The highest BCUT2D eigenvalue weighted by atomic mass is 16.2. The summed E-state index contributed by atoms with van der Waals surface area (Å²) in [4.78, 5) is 30.9. The Kier molecular flexibility index (Phi) is 4.17. The quantitative estimate of drug-likeness (QED) is 0.467. The van der Waals surface area contributed by atoms with E-state index < -0.39 is 0 Å². The van der Waals surface area contributed by atoms with Crippen LogP contribution in [0.25, 0.3) is 16.9 Å². The minimum Gasteiger partial charge on any atom is -0.310 e. The van der Waals surface area contributed by atoms with Crippen LogP contribution in [0.15, 0.2) is 76.4 Å². The predicted octanol–water partition coefficient (Wildman–Crippen LogP) is 2.55. The van der Waals surface area contributed by atoms with Gasteiger partial charge in [-0.3, -0.25) is 18.3 Å². The summed E-state index contributed by atoms with van der Waals surface area (Å²) in [7, 11) is 1.66. The average molecular weight is 399 g/mol. The molecule has 0 unspecified atom stereocenters. The fourth-order valence-corrected chi connectivity index (χ4v) is 3.92. The van der Waals surface area contributed by atoms with Gasteiger partial charge in [-0.15, -0.1) is 0 Å². The molecule has 30 heavy (non-hydrogen) atoms. The van der Waals surface area contributed by atoms with Gasteiger partial charge in [-0.2, -0.15) is 4.98 Å². The molecule has 0 aliphatic heterocycles. The topological polar surface area (TPSA) is 66.2 Å². The van der Waals surface area contributed by atoms with Gasteiger partial charge in [-0.1, -0.05) is 60.7 Å². The van der Waals surface area contributed by atoms with Crippen molar-refractivity contribution in [2.24, 2.45) is 7.05 Å². The first-order valence-corrected chi connectivity index (χ1v) is 9.80. The summed E-state index contributed by atoms with van der Waals surface area (Å²) in [6, 6.07) is 19.6. The molecule has 7 nitrogen and oxygen atoms in total. The normalized spacial score (nSPS) is 11.5. The van der Waals surface area contributed by atoms with E-state index >= 15 is 0 Å². The smallest absolute Gasteiger partial charge is 0.310 e. The zero-order chi connectivity index (χ0) is 20.8. The average Bonchev–Trinajstić information content (AvgIpc) is 3.27. The number of rotatable bonds is 4. The van der Waals surface area contributed by atoms with Crippen molar-refractivity contribution in [2.75, 3.05) is 0 Å². The Morgan fingerprint density at radius 1 is 0.833 bits per heavy atom. The van der Waals surface area contributed by atoms with Gasteiger partial charge in [0.15, 0.2) is 11.2 Å². The third-order valence-electron chi connectivity index (χ3n) is 5.51. The van der Waals surface area contributed by atoms with Crippen molar-refractivity contribution in [2.45, 2.75) is 20.0 Å². The van der Waals surface area contributed by atoms with Crippen LogP contribution >= 0.6 is 0 Å². The van der Waals surface area contributed by atoms with Gasteiger partial charge >= 0.3 is 5.69 Å². The Balaban J connectivity index is 1.73. The molecule has 3 aromatic heterocycles. The molecule has 0 radical (unpaired) electrons. The van der Waals surface area contributed by atoms with Crippen molar-refractivity contribution >= 4 is 16.9 Å². The zero-order valence-electron chi connectivity index (χ0n) is 16.8. The molecule has 0 bridgehead atoms. The zero-order valence-corrected chi connectivity index (χ0v) is 16.8. The van der Waals surface area contributed by atoms with E-state index in [1.165, 1.54) is 9.13 Å². The van der Waals surface area contributed by atoms with Crippen molar-refractivity contribution in [3.63, 3.8) is 0 Å². The largest absolute Gasteiger partial charge is 0.332 e. The van der Waals surface area contributed by atoms with E-state index in [0.29, 0.717) is 23.5 Å². The SMILES string of the molecule is Cc1cn2c3c(=O)n(Cc4ccccc4)c(=O)n(C)c3nc2n1Cc1ccccc1. The van der Waals surface area contributed by atoms with Crippen LogP contribution in [0.3, 0.4) is 0 Å². The molecule has 0 spiro atoms. The lowest BCUT2D eigenvalue weighted by molar-refractivity contribution is 0.656. The third kappa shape index (κ3) is 2.78.